The highest BCUT2D eigenvalue weighted by Gasteiger charge is 2.12. The standard InChI is InChI=1S/C21H18FN3O4/c22-17-7-3-5-15(11-17)14-29-19-9-2-1-6-16(19)12-24-25-21(27)20(26)23-13-18-8-4-10-28-18/h1-12H,13-14H2,(H,23,26)(H,25,27)/b24-12-. The molecule has 0 aliphatic heterocycles. The summed E-state index contributed by atoms with van der Waals surface area (Å²) in [5, 5.41) is 6.20. The Morgan fingerprint density at radius 2 is 1.93 bits per heavy atom. The first-order valence-electron chi connectivity index (χ1n) is 8.72. The molecule has 0 aliphatic carbocycles. The maximum Gasteiger partial charge on any atom is 0.329 e. The van der Waals surface area contributed by atoms with Crippen molar-refractivity contribution in [3.63, 3.8) is 0 Å². The highest BCUT2D eigenvalue weighted by Crippen LogP contribution is 2.17. The molecule has 0 bridgehead atoms. The second-order valence-corrected chi connectivity index (χ2v) is 5.92. The Balaban J connectivity index is 1.53. The van der Waals surface area contributed by atoms with Crippen LogP contribution in [0, 0.1) is 5.82 Å². The minimum Gasteiger partial charge on any atom is -0.488 e. The first-order valence-corrected chi connectivity index (χ1v) is 8.72. The molecule has 0 aliphatic rings. The van der Waals surface area contributed by atoms with Crippen molar-refractivity contribution < 1.29 is 23.1 Å². The summed E-state index contributed by atoms with van der Waals surface area (Å²) < 4.78 is 24.0. The van der Waals surface area contributed by atoms with Crippen molar-refractivity contribution in [3.05, 3.63) is 89.6 Å². The molecule has 0 radical (unpaired) electrons. The van der Waals surface area contributed by atoms with Gasteiger partial charge >= 0.3 is 11.8 Å². The molecule has 29 heavy (non-hydrogen) atoms. The summed E-state index contributed by atoms with van der Waals surface area (Å²) in [6.07, 6.45) is 2.83. The van der Waals surface area contributed by atoms with Gasteiger partial charge in [0.25, 0.3) is 0 Å². The molecule has 1 aromatic heterocycles. The molecule has 0 saturated heterocycles. The van der Waals surface area contributed by atoms with E-state index in [1.165, 1.54) is 24.6 Å². The SMILES string of the molecule is O=C(NCc1ccco1)C(=O)N/N=C\c1ccccc1OCc1cccc(F)c1. The monoisotopic (exact) mass is 395 g/mol. The van der Waals surface area contributed by atoms with Crippen LogP contribution in [0.4, 0.5) is 4.39 Å². The topological polar surface area (TPSA) is 92.9 Å². The molecule has 2 amide bonds. The van der Waals surface area contributed by atoms with Crippen LogP contribution in [-0.2, 0) is 22.7 Å². The summed E-state index contributed by atoms with van der Waals surface area (Å²) in [6, 6.07) is 16.5. The fourth-order valence-corrected chi connectivity index (χ4v) is 2.38. The highest BCUT2D eigenvalue weighted by atomic mass is 19.1. The normalized spacial score (nSPS) is 10.7. The van der Waals surface area contributed by atoms with Crippen molar-refractivity contribution in [2.24, 2.45) is 5.10 Å². The predicted molar refractivity (Wildman–Crippen MR) is 103 cm³/mol. The molecular weight excluding hydrogens is 377 g/mol. The fraction of sp³-hybridized carbons (Fsp3) is 0.0952. The largest absolute Gasteiger partial charge is 0.488 e. The fourth-order valence-electron chi connectivity index (χ4n) is 2.38. The number of rotatable bonds is 7. The van der Waals surface area contributed by atoms with E-state index in [4.69, 9.17) is 9.15 Å². The van der Waals surface area contributed by atoms with E-state index in [-0.39, 0.29) is 19.0 Å². The molecule has 3 rings (SSSR count). The van der Waals surface area contributed by atoms with Gasteiger partial charge in [0.2, 0.25) is 0 Å². The number of hydrogen-bond acceptors (Lipinski definition) is 5. The van der Waals surface area contributed by atoms with E-state index in [1.54, 1.807) is 48.5 Å². The van der Waals surface area contributed by atoms with Gasteiger partial charge in [-0.3, -0.25) is 9.59 Å². The number of furan rings is 1. The highest BCUT2D eigenvalue weighted by molar-refractivity contribution is 6.35. The lowest BCUT2D eigenvalue weighted by Gasteiger charge is -2.09. The van der Waals surface area contributed by atoms with Gasteiger partial charge < -0.3 is 14.5 Å². The average Bonchev–Trinajstić information content (AvgIpc) is 3.25. The molecule has 0 unspecified atom stereocenters. The van der Waals surface area contributed by atoms with E-state index in [2.05, 4.69) is 15.8 Å². The average molecular weight is 395 g/mol. The van der Waals surface area contributed by atoms with Crippen LogP contribution in [-0.4, -0.2) is 18.0 Å². The molecule has 7 nitrogen and oxygen atoms in total. The lowest BCUT2D eigenvalue weighted by Crippen LogP contribution is -2.37. The van der Waals surface area contributed by atoms with Gasteiger partial charge in [-0.25, -0.2) is 9.82 Å². The van der Waals surface area contributed by atoms with Crippen LogP contribution in [0.25, 0.3) is 0 Å². The zero-order valence-corrected chi connectivity index (χ0v) is 15.3. The van der Waals surface area contributed by atoms with Crippen molar-refractivity contribution >= 4 is 18.0 Å². The van der Waals surface area contributed by atoms with Crippen LogP contribution >= 0.6 is 0 Å². The number of nitrogens with one attached hydrogen (secondary N) is 2. The maximum atomic E-state index is 13.3. The Kier molecular flexibility index (Phi) is 6.72. The number of amides is 2. The maximum absolute atomic E-state index is 13.3. The van der Waals surface area contributed by atoms with E-state index in [9.17, 15) is 14.0 Å². The lowest BCUT2D eigenvalue weighted by molar-refractivity contribution is -0.139. The lowest BCUT2D eigenvalue weighted by atomic mass is 10.2. The molecule has 148 valence electrons. The van der Waals surface area contributed by atoms with Crippen LogP contribution in [0.15, 0.2) is 76.4 Å². The van der Waals surface area contributed by atoms with Crippen molar-refractivity contribution in [1.29, 1.82) is 0 Å². The Morgan fingerprint density at radius 1 is 1.07 bits per heavy atom. The third kappa shape index (κ3) is 6.03. The minimum absolute atomic E-state index is 0.0969. The van der Waals surface area contributed by atoms with Crippen LogP contribution in [0.3, 0.4) is 0 Å². The van der Waals surface area contributed by atoms with Gasteiger partial charge in [0.05, 0.1) is 19.0 Å². The quantitative estimate of drug-likeness (QED) is 0.366. The van der Waals surface area contributed by atoms with Crippen LogP contribution in [0.2, 0.25) is 0 Å². The number of halogens is 1. The first kappa shape index (κ1) is 19.8. The van der Waals surface area contributed by atoms with E-state index in [1.807, 2.05) is 0 Å². The minimum atomic E-state index is -0.911. The molecule has 0 fully saturated rings. The second kappa shape index (κ2) is 9.84. The number of hydrogen-bond donors (Lipinski definition) is 2. The van der Waals surface area contributed by atoms with Gasteiger partial charge in [-0.05, 0) is 42.0 Å². The summed E-state index contributed by atoms with van der Waals surface area (Å²) in [4.78, 5) is 23.5. The molecule has 0 spiro atoms. The first-order chi connectivity index (χ1) is 14.1. The van der Waals surface area contributed by atoms with Gasteiger partial charge in [-0.1, -0.05) is 24.3 Å². The molecule has 2 N–H and O–H groups in total. The molecule has 1 heterocycles. The van der Waals surface area contributed by atoms with E-state index in [0.29, 0.717) is 22.6 Å². The number of ether oxygens (including phenoxy) is 1. The molecule has 2 aromatic carbocycles. The summed E-state index contributed by atoms with van der Waals surface area (Å²) in [7, 11) is 0. The van der Waals surface area contributed by atoms with Crippen LogP contribution in [0.5, 0.6) is 5.75 Å². The van der Waals surface area contributed by atoms with Gasteiger partial charge in [-0.15, -0.1) is 0 Å². The number of para-hydroxylation sites is 1. The van der Waals surface area contributed by atoms with Gasteiger partial charge in [0.15, 0.2) is 0 Å². The zero-order chi connectivity index (χ0) is 20.5. The van der Waals surface area contributed by atoms with Crippen molar-refractivity contribution in [1.82, 2.24) is 10.7 Å². The summed E-state index contributed by atoms with van der Waals surface area (Å²) in [6.45, 7) is 0.268. The molecule has 3 aromatic rings. The Morgan fingerprint density at radius 3 is 2.72 bits per heavy atom. The molecular formula is C21H18FN3O4. The van der Waals surface area contributed by atoms with E-state index < -0.39 is 11.8 Å². The summed E-state index contributed by atoms with van der Waals surface area (Å²) in [5.74, 6) is -1.06. The van der Waals surface area contributed by atoms with Gasteiger partial charge in [0, 0.05) is 5.56 Å². The van der Waals surface area contributed by atoms with Crippen molar-refractivity contribution in [2.75, 3.05) is 0 Å². The number of nitrogens with zero attached hydrogens (tertiary/aromatic N) is 1. The molecule has 0 saturated carbocycles. The third-order valence-corrected chi connectivity index (χ3v) is 3.78. The smallest absolute Gasteiger partial charge is 0.329 e. The van der Waals surface area contributed by atoms with Crippen LogP contribution < -0.4 is 15.5 Å². The summed E-state index contributed by atoms with van der Waals surface area (Å²) in [5.41, 5.74) is 3.41. The summed E-state index contributed by atoms with van der Waals surface area (Å²) >= 11 is 0. The number of carbonyl (C=O) groups is 2. The molecule has 8 heteroatoms. The zero-order valence-electron chi connectivity index (χ0n) is 15.3. The third-order valence-electron chi connectivity index (χ3n) is 3.78. The predicted octanol–water partition coefficient (Wildman–Crippen LogP) is 2.76. The van der Waals surface area contributed by atoms with E-state index >= 15 is 0 Å². The van der Waals surface area contributed by atoms with E-state index in [0.717, 1.165) is 0 Å². The number of hydrazone groups is 1. The van der Waals surface area contributed by atoms with Crippen molar-refractivity contribution in [3.8, 4) is 5.75 Å². The Hall–Kier alpha value is -3.94. The van der Waals surface area contributed by atoms with Crippen molar-refractivity contribution in [2.45, 2.75) is 13.2 Å². The molecule has 0 atom stereocenters. The van der Waals surface area contributed by atoms with Gasteiger partial charge in [-0.2, -0.15) is 5.10 Å². The Bertz CT molecular complexity index is 1000. The Labute approximate surface area is 166 Å². The van der Waals surface area contributed by atoms with Crippen LogP contribution in [0.1, 0.15) is 16.9 Å². The number of carbonyl (C=O) groups excluding carboxylic acids is 2. The van der Waals surface area contributed by atoms with Gasteiger partial charge in [0.1, 0.15) is 23.9 Å². The second-order valence-electron chi connectivity index (χ2n) is 5.92. The number of benzene rings is 2.